The van der Waals surface area contributed by atoms with E-state index in [9.17, 15) is 14.4 Å². The van der Waals surface area contributed by atoms with Crippen LogP contribution < -0.4 is 10.6 Å². The molecule has 6 atom stereocenters. The summed E-state index contributed by atoms with van der Waals surface area (Å²) in [6.07, 6.45) is 5.80. The van der Waals surface area contributed by atoms with E-state index >= 15 is 0 Å². The minimum Gasteiger partial charge on any atom is -0.459 e. The molecule has 2 heterocycles. The summed E-state index contributed by atoms with van der Waals surface area (Å²) in [6, 6.07) is 18.4. The number of rotatable bonds is 12. The lowest BCUT2D eigenvalue weighted by molar-refractivity contribution is -0.155. The number of nitrogens with one attached hydrogen (secondary N) is 2. The standard InChI is InChI=1S/C40H55N3O8/c1-28-21-22-41-37(49-27-35(44)48-24-29-12-7-5-8-13-29)36(28)31-17-19-32(20-18-31)47-26-34-33(42-38(45)51-40(2,3)4)16-11-23-43(34)39(46)50-25-30-14-9-6-10-15-30/h5-10,12-15,17,28,32-34,36-37,41H,11,16,18-27H2,1-4H3,(H,42,45)/t28?,32?,33-,34-,36?,37?/m0/s1. The summed E-state index contributed by atoms with van der Waals surface area (Å²) in [5.74, 6) is 0.138. The highest BCUT2D eigenvalue weighted by atomic mass is 16.6. The van der Waals surface area contributed by atoms with Crippen LogP contribution in [0.15, 0.2) is 72.3 Å². The van der Waals surface area contributed by atoms with Gasteiger partial charge in [0.25, 0.3) is 0 Å². The van der Waals surface area contributed by atoms with Gasteiger partial charge in [-0.25, -0.2) is 14.4 Å². The van der Waals surface area contributed by atoms with Gasteiger partial charge in [-0.2, -0.15) is 0 Å². The molecule has 11 heteroatoms. The lowest BCUT2D eigenvalue weighted by Crippen LogP contribution is -2.59. The maximum atomic E-state index is 13.4. The highest BCUT2D eigenvalue weighted by molar-refractivity contribution is 5.71. The molecule has 1 aliphatic carbocycles. The zero-order valence-corrected chi connectivity index (χ0v) is 30.5. The van der Waals surface area contributed by atoms with Crippen molar-refractivity contribution in [1.29, 1.82) is 0 Å². The molecule has 2 amide bonds. The Labute approximate surface area is 302 Å². The lowest BCUT2D eigenvalue weighted by Gasteiger charge is -2.42. The molecular formula is C40H55N3O8. The van der Waals surface area contributed by atoms with Crippen LogP contribution in [0.25, 0.3) is 0 Å². The molecule has 278 valence electrons. The Morgan fingerprint density at radius 1 is 0.902 bits per heavy atom. The molecule has 0 radical (unpaired) electrons. The maximum absolute atomic E-state index is 13.4. The fourth-order valence-corrected chi connectivity index (χ4v) is 7.16. The second-order valence-electron chi connectivity index (χ2n) is 14.8. The van der Waals surface area contributed by atoms with Crippen molar-refractivity contribution in [3.05, 3.63) is 83.4 Å². The molecule has 2 N–H and O–H groups in total. The molecule has 0 bridgehead atoms. The summed E-state index contributed by atoms with van der Waals surface area (Å²) in [6.45, 7) is 9.58. The number of esters is 1. The fraction of sp³-hybridized carbons (Fsp3) is 0.575. The molecule has 2 aromatic carbocycles. The second-order valence-corrected chi connectivity index (χ2v) is 14.8. The first-order valence-corrected chi connectivity index (χ1v) is 18.4. The number of piperidine rings is 2. The minimum absolute atomic E-state index is 0.0424. The summed E-state index contributed by atoms with van der Waals surface area (Å²) in [5.41, 5.74) is 2.51. The summed E-state index contributed by atoms with van der Waals surface area (Å²) < 4.78 is 29.4. The van der Waals surface area contributed by atoms with E-state index in [1.807, 2.05) is 81.4 Å². The molecule has 2 fully saturated rings. The molecule has 0 saturated carbocycles. The first kappa shape index (κ1) is 38.3. The van der Waals surface area contributed by atoms with Crippen molar-refractivity contribution < 1.29 is 38.1 Å². The Bertz CT molecular complexity index is 1450. The first-order valence-electron chi connectivity index (χ1n) is 18.4. The summed E-state index contributed by atoms with van der Waals surface area (Å²) >= 11 is 0. The van der Waals surface area contributed by atoms with Crippen LogP contribution in [0.5, 0.6) is 0 Å². The maximum Gasteiger partial charge on any atom is 0.410 e. The largest absolute Gasteiger partial charge is 0.459 e. The first-order chi connectivity index (χ1) is 24.6. The van der Waals surface area contributed by atoms with Crippen LogP contribution in [-0.4, -0.2) is 79.4 Å². The Hall–Kier alpha value is -3.93. The fourth-order valence-electron chi connectivity index (χ4n) is 7.16. The Morgan fingerprint density at radius 3 is 2.24 bits per heavy atom. The molecule has 2 saturated heterocycles. The predicted molar refractivity (Wildman–Crippen MR) is 192 cm³/mol. The highest BCUT2D eigenvalue weighted by Crippen LogP contribution is 2.36. The van der Waals surface area contributed by atoms with Crippen LogP contribution in [-0.2, 0) is 41.7 Å². The number of ether oxygens (including phenoxy) is 5. The number of carbonyl (C=O) groups excluding carboxylic acids is 3. The lowest BCUT2D eigenvalue weighted by atomic mass is 9.77. The minimum atomic E-state index is -0.647. The summed E-state index contributed by atoms with van der Waals surface area (Å²) in [5, 5.41) is 6.49. The van der Waals surface area contributed by atoms with Crippen molar-refractivity contribution in [3.63, 3.8) is 0 Å². The molecular weight excluding hydrogens is 650 g/mol. The van der Waals surface area contributed by atoms with E-state index in [1.54, 1.807) is 4.90 Å². The molecule has 3 aliphatic rings. The van der Waals surface area contributed by atoms with Gasteiger partial charge in [-0.05, 0) is 82.9 Å². The van der Waals surface area contributed by atoms with E-state index < -0.39 is 23.8 Å². The molecule has 4 unspecified atom stereocenters. The van der Waals surface area contributed by atoms with Gasteiger partial charge in [-0.1, -0.05) is 79.2 Å². The SMILES string of the molecule is CC1CCNC(OCC(=O)OCc2ccccc2)C1C1=CCC(OC[C@H]2[C@@H](NC(=O)OC(C)(C)C)CCCN2C(=O)OCc2ccccc2)CC1. The molecule has 11 nitrogen and oxygen atoms in total. The van der Waals surface area contributed by atoms with Crippen molar-refractivity contribution in [1.82, 2.24) is 15.5 Å². The smallest absolute Gasteiger partial charge is 0.410 e. The van der Waals surface area contributed by atoms with Crippen LogP contribution in [0, 0.1) is 11.8 Å². The molecule has 0 spiro atoms. The molecule has 0 aromatic heterocycles. The van der Waals surface area contributed by atoms with Gasteiger partial charge in [0.15, 0.2) is 0 Å². The monoisotopic (exact) mass is 705 g/mol. The Morgan fingerprint density at radius 2 is 1.59 bits per heavy atom. The van der Waals surface area contributed by atoms with E-state index in [0.717, 1.165) is 43.4 Å². The average Bonchev–Trinajstić information content (AvgIpc) is 3.12. The average molecular weight is 706 g/mol. The second kappa shape index (κ2) is 18.5. The van der Waals surface area contributed by atoms with Gasteiger partial charge in [0, 0.05) is 12.5 Å². The van der Waals surface area contributed by atoms with Gasteiger partial charge in [-0.15, -0.1) is 0 Å². The topological polar surface area (TPSA) is 125 Å². The van der Waals surface area contributed by atoms with E-state index in [-0.39, 0.29) is 56.7 Å². The summed E-state index contributed by atoms with van der Waals surface area (Å²) in [4.78, 5) is 40.4. The van der Waals surface area contributed by atoms with E-state index in [2.05, 4.69) is 23.6 Å². The number of carbonyl (C=O) groups is 3. The van der Waals surface area contributed by atoms with E-state index in [1.165, 1.54) is 5.57 Å². The molecule has 2 aromatic rings. The van der Waals surface area contributed by atoms with Gasteiger partial charge in [-0.3, -0.25) is 5.32 Å². The van der Waals surface area contributed by atoms with Crippen LogP contribution in [0.4, 0.5) is 9.59 Å². The van der Waals surface area contributed by atoms with Crippen molar-refractivity contribution in [2.45, 2.75) is 109 Å². The number of likely N-dealkylation sites (tertiary alicyclic amines) is 1. The van der Waals surface area contributed by atoms with E-state index in [0.29, 0.717) is 25.3 Å². The Balaban J connectivity index is 1.18. The Kier molecular flexibility index (Phi) is 13.9. The van der Waals surface area contributed by atoms with Gasteiger partial charge >= 0.3 is 18.2 Å². The van der Waals surface area contributed by atoms with Gasteiger partial charge in [0.1, 0.15) is 31.6 Å². The van der Waals surface area contributed by atoms with E-state index in [4.69, 9.17) is 23.7 Å². The van der Waals surface area contributed by atoms with Crippen LogP contribution in [0.2, 0.25) is 0 Å². The van der Waals surface area contributed by atoms with Crippen LogP contribution in [0.3, 0.4) is 0 Å². The third kappa shape index (κ3) is 11.8. The number of nitrogens with zero attached hydrogens (tertiary/aromatic N) is 1. The number of hydrogen-bond acceptors (Lipinski definition) is 9. The van der Waals surface area contributed by atoms with Gasteiger partial charge < -0.3 is 33.9 Å². The van der Waals surface area contributed by atoms with Crippen LogP contribution in [0.1, 0.15) is 77.3 Å². The third-order valence-electron chi connectivity index (χ3n) is 9.76. The number of amides is 2. The third-order valence-corrected chi connectivity index (χ3v) is 9.76. The molecule has 51 heavy (non-hydrogen) atoms. The quantitative estimate of drug-likeness (QED) is 0.145. The van der Waals surface area contributed by atoms with Gasteiger partial charge in [0.05, 0.1) is 24.8 Å². The number of hydrogen-bond donors (Lipinski definition) is 2. The van der Waals surface area contributed by atoms with Crippen molar-refractivity contribution in [2.75, 3.05) is 26.3 Å². The summed E-state index contributed by atoms with van der Waals surface area (Å²) in [7, 11) is 0. The predicted octanol–water partition coefficient (Wildman–Crippen LogP) is 6.51. The van der Waals surface area contributed by atoms with Crippen molar-refractivity contribution in [3.8, 4) is 0 Å². The molecule has 5 rings (SSSR count). The van der Waals surface area contributed by atoms with Gasteiger partial charge in [0.2, 0.25) is 0 Å². The zero-order valence-electron chi connectivity index (χ0n) is 30.5. The normalized spacial score (nSPS) is 25.3. The number of alkyl carbamates (subject to hydrolysis) is 1. The van der Waals surface area contributed by atoms with Crippen LogP contribution >= 0.6 is 0 Å². The van der Waals surface area contributed by atoms with Crippen molar-refractivity contribution >= 4 is 18.2 Å². The molecule has 2 aliphatic heterocycles. The van der Waals surface area contributed by atoms with Crippen molar-refractivity contribution in [2.24, 2.45) is 11.8 Å². The zero-order chi connectivity index (χ0) is 36.2. The highest BCUT2D eigenvalue weighted by Gasteiger charge is 2.39. The number of benzene rings is 2.